The van der Waals surface area contributed by atoms with Gasteiger partial charge in [0.1, 0.15) is 6.54 Å². The number of fused-ring (bicyclic) bond motifs is 1. The number of hydrogen-bond donors (Lipinski definition) is 1. The Labute approximate surface area is 149 Å². The zero-order chi connectivity index (χ0) is 18.5. The third-order valence-corrected chi connectivity index (χ3v) is 3.91. The molecule has 2 amide bonds. The van der Waals surface area contributed by atoms with Crippen LogP contribution in [0.5, 0.6) is 0 Å². The highest BCUT2D eigenvalue weighted by Crippen LogP contribution is 2.09. The fourth-order valence-corrected chi connectivity index (χ4v) is 2.56. The number of benzene rings is 2. The highest BCUT2D eigenvalue weighted by Gasteiger charge is 2.15. The largest absolute Gasteiger partial charge is 0.335 e. The minimum atomic E-state index is -0.362. The van der Waals surface area contributed by atoms with Crippen LogP contribution in [0.15, 0.2) is 65.6 Å². The fraction of sp³-hybridized carbons (Fsp3) is 0.158. The molecule has 0 saturated heterocycles. The lowest BCUT2D eigenvalue weighted by atomic mass is 10.3. The molecule has 0 aliphatic carbocycles. The first-order valence-corrected chi connectivity index (χ1v) is 8.08. The second-order valence-electron chi connectivity index (χ2n) is 5.84. The molecule has 1 N–H and O–H groups in total. The number of aromatic nitrogens is 2. The summed E-state index contributed by atoms with van der Waals surface area (Å²) in [5.74, 6) is -0.648. The second kappa shape index (κ2) is 7.60. The summed E-state index contributed by atoms with van der Waals surface area (Å²) in [6.07, 6.45) is 1.19. The highest BCUT2D eigenvalue weighted by molar-refractivity contribution is 5.94. The van der Waals surface area contributed by atoms with E-state index < -0.39 is 0 Å². The van der Waals surface area contributed by atoms with Crippen LogP contribution in [0.1, 0.15) is 0 Å². The molecule has 0 aliphatic rings. The van der Waals surface area contributed by atoms with Crippen molar-refractivity contribution in [2.75, 3.05) is 18.9 Å². The van der Waals surface area contributed by atoms with Crippen LogP contribution in [0.4, 0.5) is 5.69 Å². The Bertz CT molecular complexity index is 998. The molecule has 26 heavy (non-hydrogen) atoms. The van der Waals surface area contributed by atoms with Gasteiger partial charge in [0, 0.05) is 12.7 Å². The van der Waals surface area contributed by atoms with Gasteiger partial charge < -0.3 is 10.2 Å². The Morgan fingerprint density at radius 1 is 1.08 bits per heavy atom. The molecule has 0 atom stereocenters. The monoisotopic (exact) mass is 350 g/mol. The van der Waals surface area contributed by atoms with Crippen molar-refractivity contribution in [2.24, 2.45) is 0 Å². The molecule has 0 unspecified atom stereocenters. The Balaban J connectivity index is 1.69. The van der Waals surface area contributed by atoms with Gasteiger partial charge in [-0.2, -0.15) is 0 Å². The third kappa shape index (κ3) is 3.94. The summed E-state index contributed by atoms with van der Waals surface area (Å²) < 4.78 is 1.36. The minimum absolute atomic E-state index is 0.106. The molecule has 2 aromatic carbocycles. The lowest BCUT2D eigenvalue weighted by Crippen LogP contribution is -2.38. The number of nitrogens with one attached hydrogen (secondary N) is 1. The van der Waals surface area contributed by atoms with Crippen LogP contribution in [0.2, 0.25) is 0 Å². The first-order chi connectivity index (χ1) is 12.5. The van der Waals surface area contributed by atoms with E-state index in [1.54, 1.807) is 30.3 Å². The maximum Gasteiger partial charge on any atom is 0.269 e. The molecule has 0 aliphatic heterocycles. The summed E-state index contributed by atoms with van der Waals surface area (Å²) >= 11 is 0. The van der Waals surface area contributed by atoms with Gasteiger partial charge in [0.2, 0.25) is 11.8 Å². The van der Waals surface area contributed by atoms with E-state index in [0.29, 0.717) is 16.7 Å². The third-order valence-electron chi connectivity index (χ3n) is 3.91. The van der Waals surface area contributed by atoms with Gasteiger partial charge in [-0.15, -0.1) is 0 Å². The summed E-state index contributed by atoms with van der Waals surface area (Å²) in [6.45, 7) is -0.261. The van der Waals surface area contributed by atoms with E-state index in [4.69, 9.17) is 0 Å². The number of para-hydroxylation sites is 3. The van der Waals surface area contributed by atoms with Crippen LogP contribution >= 0.6 is 0 Å². The van der Waals surface area contributed by atoms with Gasteiger partial charge in [-0.25, -0.2) is 4.98 Å². The predicted molar refractivity (Wildman–Crippen MR) is 98.7 cm³/mol. The summed E-state index contributed by atoms with van der Waals surface area (Å²) in [4.78, 5) is 42.0. The van der Waals surface area contributed by atoms with Crippen LogP contribution < -0.4 is 10.9 Å². The lowest BCUT2D eigenvalue weighted by Gasteiger charge is -2.18. The van der Waals surface area contributed by atoms with Gasteiger partial charge in [0.25, 0.3) is 5.56 Å². The van der Waals surface area contributed by atoms with Gasteiger partial charge in [-0.3, -0.25) is 19.0 Å². The maximum absolute atomic E-state index is 12.5. The van der Waals surface area contributed by atoms with Crippen molar-refractivity contribution in [3.05, 3.63) is 71.1 Å². The average molecular weight is 350 g/mol. The SMILES string of the molecule is CN(CC(=O)Nc1ccccc1)C(=O)Cn1c(=O)cnc2ccccc21. The van der Waals surface area contributed by atoms with E-state index in [2.05, 4.69) is 10.3 Å². The average Bonchev–Trinajstić information content (AvgIpc) is 2.64. The van der Waals surface area contributed by atoms with Crippen LogP contribution in [0, 0.1) is 0 Å². The second-order valence-corrected chi connectivity index (χ2v) is 5.84. The number of amides is 2. The first-order valence-electron chi connectivity index (χ1n) is 8.08. The zero-order valence-corrected chi connectivity index (χ0v) is 14.3. The van der Waals surface area contributed by atoms with E-state index in [0.717, 1.165) is 0 Å². The van der Waals surface area contributed by atoms with Gasteiger partial charge in [-0.05, 0) is 24.3 Å². The van der Waals surface area contributed by atoms with Gasteiger partial charge in [-0.1, -0.05) is 30.3 Å². The molecule has 0 fully saturated rings. The van der Waals surface area contributed by atoms with Crippen LogP contribution in [-0.2, 0) is 16.1 Å². The zero-order valence-electron chi connectivity index (χ0n) is 14.3. The molecular weight excluding hydrogens is 332 g/mol. The van der Waals surface area contributed by atoms with E-state index in [9.17, 15) is 14.4 Å². The van der Waals surface area contributed by atoms with Gasteiger partial charge in [0.05, 0.1) is 23.8 Å². The number of rotatable bonds is 5. The normalized spacial score (nSPS) is 10.5. The molecule has 7 heteroatoms. The summed E-state index contributed by atoms with van der Waals surface area (Å²) in [6, 6.07) is 16.1. The lowest BCUT2D eigenvalue weighted by molar-refractivity contribution is -0.133. The number of nitrogens with zero attached hydrogens (tertiary/aromatic N) is 3. The quantitative estimate of drug-likeness (QED) is 0.756. The Hall–Kier alpha value is -3.48. The van der Waals surface area contributed by atoms with Crippen LogP contribution in [-0.4, -0.2) is 39.9 Å². The van der Waals surface area contributed by atoms with Gasteiger partial charge >= 0.3 is 0 Å². The van der Waals surface area contributed by atoms with Crippen molar-refractivity contribution >= 4 is 28.5 Å². The van der Waals surface area contributed by atoms with Crippen molar-refractivity contribution in [1.29, 1.82) is 0 Å². The molecule has 7 nitrogen and oxygen atoms in total. The summed E-state index contributed by atoms with van der Waals surface area (Å²) in [5, 5.41) is 2.72. The predicted octanol–water partition coefficient (Wildman–Crippen LogP) is 1.49. The Morgan fingerprint density at radius 3 is 2.54 bits per heavy atom. The number of carbonyl (C=O) groups is 2. The van der Waals surface area contributed by atoms with E-state index in [-0.39, 0.29) is 30.5 Å². The molecule has 3 aromatic rings. The van der Waals surface area contributed by atoms with Crippen molar-refractivity contribution < 1.29 is 9.59 Å². The molecule has 0 radical (unpaired) electrons. The molecular formula is C19H18N4O3. The smallest absolute Gasteiger partial charge is 0.269 e. The number of carbonyl (C=O) groups excluding carboxylic acids is 2. The van der Waals surface area contributed by atoms with Crippen molar-refractivity contribution in [2.45, 2.75) is 6.54 Å². The molecule has 0 bridgehead atoms. The minimum Gasteiger partial charge on any atom is -0.335 e. The summed E-state index contributed by atoms with van der Waals surface area (Å²) in [5.41, 5.74) is 1.51. The van der Waals surface area contributed by atoms with E-state index >= 15 is 0 Å². The van der Waals surface area contributed by atoms with E-state index in [1.807, 2.05) is 24.3 Å². The van der Waals surface area contributed by atoms with E-state index in [1.165, 1.54) is 22.7 Å². The molecule has 0 saturated carbocycles. The molecule has 0 spiro atoms. The van der Waals surface area contributed by atoms with Crippen molar-refractivity contribution in [3.63, 3.8) is 0 Å². The number of hydrogen-bond acceptors (Lipinski definition) is 4. The number of likely N-dealkylation sites (N-methyl/N-ethyl adjacent to an activating group) is 1. The molecule has 132 valence electrons. The highest BCUT2D eigenvalue weighted by atomic mass is 16.2. The Kier molecular flexibility index (Phi) is 5.07. The Morgan fingerprint density at radius 2 is 1.77 bits per heavy atom. The van der Waals surface area contributed by atoms with Crippen LogP contribution in [0.3, 0.4) is 0 Å². The maximum atomic E-state index is 12.5. The fourth-order valence-electron chi connectivity index (χ4n) is 2.56. The molecule has 1 heterocycles. The van der Waals surface area contributed by atoms with Crippen molar-refractivity contribution in [3.8, 4) is 0 Å². The standard InChI is InChI=1S/C19H18N4O3/c1-22(12-17(24)21-14-7-3-2-4-8-14)19(26)13-23-16-10-6-5-9-15(16)20-11-18(23)25/h2-11H,12-13H2,1H3,(H,21,24). The van der Waals surface area contributed by atoms with Crippen LogP contribution in [0.25, 0.3) is 11.0 Å². The molecule has 3 rings (SSSR count). The first kappa shape index (κ1) is 17.3. The van der Waals surface area contributed by atoms with Crippen molar-refractivity contribution in [1.82, 2.24) is 14.5 Å². The summed E-state index contributed by atoms with van der Waals surface area (Å²) in [7, 11) is 1.53. The topological polar surface area (TPSA) is 84.3 Å². The number of anilines is 1. The van der Waals surface area contributed by atoms with Gasteiger partial charge in [0.15, 0.2) is 0 Å². The molecule has 1 aromatic heterocycles.